The Morgan fingerprint density at radius 1 is 1.56 bits per heavy atom. The second kappa shape index (κ2) is 5.53. The minimum absolute atomic E-state index is 0.152. The molecule has 1 aromatic heterocycles. The first-order valence-corrected chi connectivity index (χ1v) is 4.93. The number of ether oxygens (including phenoxy) is 1. The van der Waals surface area contributed by atoms with Crippen LogP contribution >= 0.6 is 0 Å². The largest absolute Gasteiger partial charge is 0.466 e. The first-order valence-electron chi connectivity index (χ1n) is 4.93. The second-order valence-corrected chi connectivity index (χ2v) is 3.31. The van der Waals surface area contributed by atoms with Crippen LogP contribution in [0, 0.1) is 6.92 Å². The molecular weight excluding hydrogens is 216 g/mol. The maximum absolute atomic E-state index is 12.7. The van der Waals surface area contributed by atoms with Gasteiger partial charge in [0.05, 0.1) is 13.0 Å². The molecule has 1 heterocycles. The van der Waals surface area contributed by atoms with Crippen LogP contribution in [0.2, 0.25) is 0 Å². The molecule has 0 atom stereocenters. The molecule has 16 heavy (non-hydrogen) atoms. The number of esters is 1. The third-order valence-electron chi connectivity index (χ3n) is 2.03. The van der Waals surface area contributed by atoms with Gasteiger partial charge >= 0.3 is 5.97 Å². The second-order valence-electron chi connectivity index (χ2n) is 3.31. The normalized spacial score (nSPS) is 10.6. The van der Waals surface area contributed by atoms with Crippen LogP contribution in [0.25, 0.3) is 0 Å². The van der Waals surface area contributed by atoms with E-state index in [0.29, 0.717) is 5.69 Å². The van der Waals surface area contributed by atoms with E-state index in [1.165, 1.54) is 12.3 Å². The first kappa shape index (κ1) is 12.5. The lowest BCUT2D eigenvalue weighted by Crippen LogP contribution is -2.10. The fraction of sp³-hybridized carbons (Fsp3) is 0.455. The first-order chi connectivity index (χ1) is 7.54. The van der Waals surface area contributed by atoms with Crippen molar-refractivity contribution in [2.75, 3.05) is 6.61 Å². The summed E-state index contributed by atoms with van der Waals surface area (Å²) in [7, 11) is 0. The molecule has 0 saturated carbocycles. The quantitative estimate of drug-likeness (QED) is 0.744. The third-order valence-corrected chi connectivity index (χ3v) is 2.03. The van der Waals surface area contributed by atoms with Crippen LogP contribution in [0.1, 0.15) is 30.2 Å². The van der Waals surface area contributed by atoms with Crippen molar-refractivity contribution in [2.45, 2.75) is 26.7 Å². The van der Waals surface area contributed by atoms with Gasteiger partial charge in [0, 0.05) is 17.5 Å². The summed E-state index contributed by atoms with van der Waals surface area (Å²) in [6, 6.07) is 1.29. The number of alkyl halides is 2. The molecule has 3 nitrogen and oxygen atoms in total. The molecule has 88 valence electrons. The Morgan fingerprint density at radius 2 is 2.25 bits per heavy atom. The molecule has 0 unspecified atom stereocenters. The molecule has 0 N–H and O–H groups in total. The Bertz CT molecular complexity index is 380. The van der Waals surface area contributed by atoms with Gasteiger partial charge in [-0.1, -0.05) is 0 Å². The van der Waals surface area contributed by atoms with Crippen LogP contribution in [-0.4, -0.2) is 17.6 Å². The zero-order valence-electron chi connectivity index (χ0n) is 9.17. The smallest absolute Gasteiger partial charge is 0.310 e. The number of hydrogen-bond donors (Lipinski definition) is 0. The number of rotatable bonds is 4. The highest BCUT2D eigenvalue weighted by Crippen LogP contribution is 2.23. The lowest BCUT2D eigenvalue weighted by molar-refractivity contribution is -0.142. The predicted molar refractivity (Wildman–Crippen MR) is 54.3 cm³/mol. The van der Waals surface area contributed by atoms with Crippen LogP contribution in [0.5, 0.6) is 0 Å². The number of carbonyl (C=O) groups excluding carboxylic acids is 1. The van der Waals surface area contributed by atoms with Gasteiger partial charge in [-0.15, -0.1) is 0 Å². The number of aryl methyl sites for hydroxylation is 1. The molecule has 0 fully saturated rings. The highest BCUT2D eigenvalue weighted by molar-refractivity contribution is 5.73. The molecule has 0 bridgehead atoms. The van der Waals surface area contributed by atoms with E-state index in [1.54, 1.807) is 13.8 Å². The maximum Gasteiger partial charge on any atom is 0.310 e. The molecule has 1 aromatic rings. The summed E-state index contributed by atoms with van der Waals surface area (Å²) < 4.78 is 30.0. The lowest BCUT2D eigenvalue weighted by Gasteiger charge is -2.08. The Morgan fingerprint density at radius 3 is 2.81 bits per heavy atom. The molecule has 0 aromatic carbocycles. The lowest BCUT2D eigenvalue weighted by atomic mass is 10.1. The standard InChI is InChI=1S/C11H13F2NO2/c1-3-16-10(15)5-8-6-14-7(2)4-9(8)11(12)13/h4,6,11H,3,5H2,1-2H3. The molecule has 0 radical (unpaired) electrons. The van der Waals surface area contributed by atoms with E-state index in [9.17, 15) is 13.6 Å². The van der Waals surface area contributed by atoms with Gasteiger partial charge in [0.25, 0.3) is 6.43 Å². The molecule has 5 heteroatoms. The maximum atomic E-state index is 12.7. The van der Waals surface area contributed by atoms with E-state index in [0.717, 1.165) is 0 Å². The summed E-state index contributed by atoms with van der Waals surface area (Å²) in [4.78, 5) is 15.1. The van der Waals surface area contributed by atoms with Crippen LogP contribution in [0.15, 0.2) is 12.3 Å². The van der Waals surface area contributed by atoms with Gasteiger partial charge in [0.2, 0.25) is 0 Å². The molecule has 1 rings (SSSR count). The van der Waals surface area contributed by atoms with Crippen molar-refractivity contribution in [3.05, 3.63) is 29.1 Å². The number of halogens is 2. The summed E-state index contributed by atoms with van der Waals surface area (Å²) >= 11 is 0. The molecule has 0 saturated heterocycles. The van der Waals surface area contributed by atoms with Gasteiger partial charge in [-0.2, -0.15) is 0 Å². The van der Waals surface area contributed by atoms with Gasteiger partial charge in [-0.3, -0.25) is 9.78 Å². The summed E-state index contributed by atoms with van der Waals surface area (Å²) in [5.41, 5.74) is 0.572. The van der Waals surface area contributed by atoms with Crippen molar-refractivity contribution in [1.82, 2.24) is 4.98 Å². The predicted octanol–water partition coefficient (Wildman–Crippen LogP) is 2.43. The van der Waals surface area contributed by atoms with E-state index in [2.05, 4.69) is 4.98 Å². The third kappa shape index (κ3) is 3.25. The molecule has 0 aliphatic heterocycles. The molecule has 0 aliphatic carbocycles. The zero-order valence-corrected chi connectivity index (χ0v) is 9.17. The van der Waals surface area contributed by atoms with Crippen molar-refractivity contribution >= 4 is 5.97 Å². The Balaban J connectivity index is 2.90. The minimum Gasteiger partial charge on any atom is -0.466 e. The average molecular weight is 229 g/mol. The minimum atomic E-state index is -2.61. The van der Waals surface area contributed by atoms with Gasteiger partial charge in [-0.05, 0) is 25.5 Å². The van der Waals surface area contributed by atoms with Gasteiger partial charge in [-0.25, -0.2) is 8.78 Å². The van der Waals surface area contributed by atoms with Crippen molar-refractivity contribution in [1.29, 1.82) is 0 Å². The van der Waals surface area contributed by atoms with Crippen molar-refractivity contribution in [3.63, 3.8) is 0 Å². The highest BCUT2D eigenvalue weighted by atomic mass is 19.3. The molecule has 0 spiro atoms. The summed E-state index contributed by atoms with van der Waals surface area (Å²) in [6.07, 6.45) is -1.47. The van der Waals surface area contributed by atoms with E-state index >= 15 is 0 Å². The van der Waals surface area contributed by atoms with Crippen LogP contribution in [0.3, 0.4) is 0 Å². The van der Waals surface area contributed by atoms with Crippen LogP contribution in [-0.2, 0) is 16.0 Å². The summed E-state index contributed by atoms with van der Waals surface area (Å²) in [6.45, 7) is 3.53. The van der Waals surface area contributed by atoms with E-state index in [4.69, 9.17) is 4.74 Å². The van der Waals surface area contributed by atoms with E-state index in [-0.39, 0.29) is 24.2 Å². The van der Waals surface area contributed by atoms with Gasteiger partial charge < -0.3 is 4.74 Å². The van der Waals surface area contributed by atoms with E-state index < -0.39 is 12.4 Å². The fourth-order valence-electron chi connectivity index (χ4n) is 1.33. The Hall–Kier alpha value is -1.52. The number of hydrogen-bond acceptors (Lipinski definition) is 3. The average Bonchev–Trinajstić information content (AvgIpc) is 2.20. The summed E-state index contributed by atoms with van der Waals surface area (Å²) in [5.74, 6) is -0.518. The fourth-order valence-corrected chi connectivity index (χ4v) is 1.33. The Kier molecular flexibility index (Phi) is 4.34. The van der Waals surface area contributed by atoms with Crippen molar-refractivity contribution in [3.8, 4) is 0 Å². The summed E-state index contributed by atoms with van der Waals surface area (Å²) in [5, 5.41) is 0. The number of carbonyl (C=O) groups is 1. The van der Waals surface area contributed by atoms with Gasteiger partial charge in [0.1, 0.15) is 0 Å². The molecule has 0 aliphatic rings. The number of pyridine rings is 1. The SMILES string of the molecule is CCOC(=O)Cc1cnc(C)cc1C(F)F. The van der Waals surface area contributed by atoms with Crippen LogP contribution < -0.4 is 0 Å². The molecule has 0 amide bonds. The highest BCUT2D eigenvalue weighted by Gasteiger charge is 2.16. The van der Waals surface area contributed by atoms with Gasteiger partial charge in [0.15, 0.2) is 0 Å². The number of nitrogens with zero attached hydrogens (tertiary/aromatic N) is 1. The van der Waals surface area contributed by atoms with E-state index in [1.807, 2.05) is 0 Å². The van der Waals surface area contributed by atoms with Crippen LogP contribution in [0.4, 0.5) is 8.78 Å². The topological polar surface area (TPSA) is 39.2 Å². The zero-order chi connectivity index (χ0) is 12.1. The number of aromatic nitrogens is 1. The Labute approximate surface area is 92.4 Å². The monoisotopic (exact) mass is 229 g/mol. The van der Waals surface area contributed by atoms with Crippen molar-refractivity contribution in [2.24, 2.45) is 0 Å². The van der Waals surface area contributed by atoms with Crippen molar-refractivity contribution < 1.29 is 18.3 Å². The molecular formula is C11H13F2NO2.